The number of nitrogens with two attached hydrogens (primary N) is 1. The Labute approximate surface area is 121 Å². The Morgan fingerprint density at radius 1 is 1.29 bits per heavy atom. The molecule has 3 rings (SSSR count). The monoisotopic (exact) mass is 284 g/mol. The van der Waals surface area contributed by atoms with Crippen molar-refractivity contribution in [2.75, 3.05) is 12.0 Å². The van der Waals surface area contributed by atoms with Crippen molar-refractivity contribution in [2.24, 2.45) is 10.7 Å². The highest BCUT2D eigenvalue weighted by atomic mass is 16.2. The van der Waals surface area contributed by atoms with Gasteiger partial charge in [0, 0.05) is 18.0 Å². The summed E-state index contributed by atoms with van der Waals surface area (Å²) in [5, 5.41) is 2.77. The van der Waals surface area contributed by atoms with Crippen LogP contribution < -0.4 is 16.0 Å². The van der Waals surface area contributed by atoms with E-state index in [2.05, 4.69) is 10.3 Å². The summed E-state index contributed by atoms with van der Waals surface area (Å²) in [4.78, 5) is 29.7. The highest BCUT2D eigenvalue weighted by Crippen LogP contribution is 2.10. The average Bonchev–Trinajstić information content (AvgIpc) is 2.91. The standard InChI is InChI=1S/C14H13N5O2/c15-14(21)18-7-6-12-17-11(8-19(12)9-18)13(20)16-10-4-2-1-3-5-10/h1-8H,9H2,(H2,15,21)(H,16,20)/p+1. The number of anilines is 1. The average molecular weight is 284 g/mol. The molecule has 7 heteroatoms. The molecule has 0 saturated heterocycles. The van der Waals surface area contributed by atoms with Crippen molar-refractivity contribution in [3.8, 4) is 0 Å². The molecule has 2 aliphatic heterocycles. The summed E-state index contributed by atoms with van der Waals surface area (Å²) in [5.41, 5.74) is 6.25. The van der Waals surface area contributed by atoms with Gasteiger partial charge in [-0.05, 0) is 12.1 Å². The molecule has 0 fully saturated rings. The lowest BCUT2D eigenvalue weighted by molar-refractivity contribution is -0.755. The number of para-hydroxylation sites is 1. The molecule has 106 valence electrons. The van der Waals surface area contributed by atoms with Gasteiger partial charge >= 0.3 is 6.03 Å². The van der Waals surface area contributed by atoms with E-state index in [0.717, 1.165) is 4.90 Å². The molecule has 0 aliphatic carbocycles. The fourth-order valence-corrected chi connectivity index (χ4v) is 2.12. The van der Waals surface area contributed by atoms with E-state index in [9.17, 15) is 9.59 Å². The number of quaternary nitrogens is 1. The number of urea groups is 1. The Balaban J connectivity index is 1.73. The number of aliphatic imine (C=N–C) groups is 1. The SMILES string of the molecule is NC(=O)N1C=CC2=NC(C(=O)Nc3ccccc3)=C[NH+]2C1. The van der Waals surface area contributed by atoms with Gasteiger partial charge in [0.25, 0.3) is 5.91 Å². The maximum absolute atomic E-state index is 12.1. The highest BCUT2D eigenvalue weighted by molar-refractivity contribution is 6.06. The van der Waals surface area contributed by atoms with Crippen molar-refractivity contribution >= 4 is 23.5 Å². The van der Waals surface area contributed by atoms with Gasteiger partial charge in [-0.15, -0.1) is 0 Å². The fraction of sp³-hybridized carbons (Fsp3) is 0.0714. The third-order valence-corrected chi connectivity index (χ3v) is 3.18. The van der Waals surface area contributed by atoms with Gasteiger partial charge in [0.2, 0.25) is 5.84 Å². The Morgan fingerprint density at radius 2 is 2.05 bits per heavy atom. The van der Waals surface area contributed by atoms with Crippen LogP contribution in [0.1, 0.15) is 0 Å². The van der Waals surface area contributed by atoms with Gasteiger partial charge in [0.1, 0.15) is 6.20 Å². The molecule has 2 heterocycles. The third-order valence-electron chi connectivity index (χ3n) is 3.18. The zero-order valence-corrected chi connectivity index (χ0v) is 11.1. The highest BCUT2D eigenvalue weighted by Gasteiger charge is 2.31. The molecule has 0 bridgehead atoms. The van der Waals surface area contributed by atoms with E-state index >= 15 is 0 Å². The lowest BCUT2D eigenvalue weighted by Gasteiger charge is -2.22. The van der Waals surface area contributed by atoms with Crippen LogP contribution in [-0.2, 0) is 4.79 Å². The molecular formula is C14H14N5O2+. The van der Waals surface area contributed by atoms with Crippen LogP contribution in [0.15, 0.2) is 59.5 Å². The number of carbonyl (C=O) groups is 2. The van der Waals surface area contributed by atoms with Gasteiger partial charge in [0.05, 0.1) is 0 Å². The first kappa shape index (κ1) is 13.1. The van der Waals surface area contributed by atoms with Crippen molar-refractivity contribution in [2.45, 2.75) is 0 Å². The summed E-state index contributed by atoms with van der Waals surface area (Å²) in [6.07, 6.45) is 4.91. The Kier molecular flexibility index (Phi) is 3.25. The molecule has 1 aromatic rings. The molecule has 0 aromatic heterocycles. The van der Waals surface area contributed by atoms with E-state index in [1.807, 2.05) is 18.2 Å². The molecule has 0 spiro atoms. The molecule has 1 atom stereocenters. The number of amidine groups is 1. The zero-order chi connectivity index (χ0) is 14.8. The number of benzene rings is 1. The summed E-state index contributed by atoms with van der Waals surface area (Å²) in [6, 6.07) is 8.62. The summed E-state index contributed by atoms with van der Waals surface area (Å²) >= 11 is 0. The fourth-order valence-electron chi connectivity index (χ4n) is 2.12. The molecule has 7 nitrogen and oxygen atoms in total. The Morgan fingerprint density at radius 3 is 2.76 bits per heavy atom. The molecule has 3 amide bonds. The van der Waals surface area contributed by atoms with E-state index in [4.69, 9.17) is 5.73 Å². The van der Waals surface area contributed by atoms with E-state index < -0.39 is 6.03 Å². The van der Waals surface area contributed by atoms with Crippen molar-refractivity contribution in [1.29, 1.82) is 0 Å². The van der Waals surface area contributed by atoms with E-state index in [1.165, 1.54) is 4.90 Å². The van der Waals surface area contributed by atoms with Crippen LogP contribution in [0.4, 0.5) is 10.5 Å². The molecule has 0 saturated carbocycles. The molecule has 0 radical (unpaired) electrons. The van der Waals surface area contributed by atoms with Gasteiger partial charge in [-0.3, -0.25) is 9.69 Å². The molecule has 4 N–H and O–H groups in total. The van der Waals surface area contributed by atoms with Gasteiger partial charge in [-0.2, -0.15) is 4.99 Å². The maximum atomic E-state index is 12.1. The van der Waals surface area contributed by atoms with Crippen LogP contribution in [0.2, 0.25) is 0 Å². The first-order valence-electron chi connectivity index (χ1n) is 6.41. The van der Waals surface area contributed by atoms with Crippen LogP contribution in [0.3, 0.4) is 0 Å². The zero-order valence-electron chi connectivity index (χ0n) is 11.1. The van der Waals surface area contributed by atoms with Crippen molar-refractivity contribution in [1.82, 2.24) is 4.90 Å². The van der Waals surface area contributed by atoms with Crippen molar-refractivity contribution in [3.05, 3.63) is 54.5 Å². The van der Waals surface area contributed by atoms with Crippen LogP contribution in [0.5, 0.6) is 0 Å². The summed E-state index contributed by atoms with van der Waals surface area (Å²) < 4.78 is 0. The second kappa shape index (κ2) is 5.22. The molecule has 2 aliphatic rings. The van der Waals surface area contributed by atoms with Gasteiger partial charge in [0.15, 0.2) is 12.4 Å². The Bertz CT molecular complexity index is 678. The predicted molar refractivity (Wildman–Crippen MR) is 77.0 cm³/mol. The number of hydrogen-bond acceptors (Lipinski definition) is 3. The number of nitrogens with one attached hydrogen (secondary N) is 2. The normalized spacial score (nSPS) is 19.6. The minimum Gasteiger partial charge on any atom is -0.351 e. The lowest BCUT2D eigenvalue weighted by atomic mass is 10.3. The van der Waals surface area contributed by atoms with Gasteiger partial charge in [-0.1, -0.05) is 18.2 Å². The topological polar surface area (TPSA) is 92.2 Å². The van der Waals surface area contributed by atoms with Crippen LogP contribution in [-0.4, -0.2) is 29.3 Å². The minimum atomic E-state index is -0.534. The summed E-state index contributed by atoms with van der Waals surface area (Å²) in [6.45, 7) is 0.326. The number of rotatable bonds is 2. The van der Waals surface area contributed by atoms with Crippen LogP contribution >= 0.6 is 0 Å². The van der Waals surface area contributed by atoms with Crippen LogP contribution in [0, 0.1) is 0 Å². The molecule has 1 unspecified atom stereocenters. The molecule has 21 heavy (non-hydrogen) atoms. The lowest BCUT2D eigenvalue weighted by Crippen LogP contribution is -3.11. The summed E-state index contributed by atoms with van der Waals surface area (Å²) in [5.74, 6) is 0.403. The predicted octanol–water partition coefficient (Wildman–Crippen LogP) is -0.371. The molecular weight excluding hydrogens is 270 g/mol. The smallest absolute Gasteiger partial charge is 0.323 e. The maximum Gasteiger partial charge on any atom is 0.323 e. The van der Waals surface area contributed by atoms with E-state index in [0.29, 0.717) is 23.9 Å². The van der Waals surface area contributed by atoms with Crippen molar-refractivity contribution < 1.29 is 14.5 Å². The van der Waals surface area contributed by atoms with Crippen molar-refractivity contribution in [3.63, 3.8) is 0 Å². The van der Waals surface area contributed by atoms with Gasteiger partial charge < -0.3 is 11.1 Å². The quantitative estimate of drug-likeness (QED) is 0.691. The first-order chi connectivity index (χ1) is 10.1. The largest absolute Gasteiger partial charge is 0.351 e. The number of carbonyl (C=O) groups excluding carboxylic acids is 2. The van der Waals surface area contributed by atoms with E-state index in [-0.39, 0.29) is 5.91 Å². The van der Waals surface area contributed by atoms with Gasteiger partial charge in [-0.25, -0.2) is 9.69 Å². The number of hydrogen-bond donors (Lipinski definition) is 3. The Hall–Kier alpha value is -2.93. The first-order valence-corrected chi connectivity index (χ1v) is 6.41. The second-order valence-corrected chi connectivity index (χ2v) is 4.65. The number of fused-ring (bicyclic) bond motifs is 1. The summed E-state index contributed by atoms with van der Waals surface area (Å²) in [7, 11) is 0. The third kappa shape index (κ3) is 2.67. The second-order valence-electron chi connectivity index (χ2n) is 4.65. The number of primary amides is 1. The molecule has 1 aromatic carbocycles. The minimum absolute atomic E-state index is 0.283. The van der Waals surface area contributed by atoms with E-state index in [1.54, 1.807) is 30.6 Å². The number of amides is 3. The number of nitrogens with zero attached hydrogens (tertiary/aromatic N) is 2. The van der Waals surface area contributed by atoms with Crippen LogP contribution in [0.25, 0.3) is 0 Å².